The van der Waals surface area contributed by atoms with Crippen molar-refractivity contribution in [3.63, 3.8) is 0 Å². The molecule has 2 rings (SSSR count). The highest BCUT2D eigenvalue weighted by Crippen LogP contribution is 2.22. The Morgan fingerprint density at radius 3 is 2.82 bits per heavy atom. The van der Waals surface area contributed by atoms with Crippen LogP contribution in [0, 0.1) is 0 Å². The van der Waals surface area contributed by atoms with Crippen molar-refractivity contribution in [2.45, 2.75) is 33.0 Å². The Hall–Kier alpha value is -1.61. The SMILES string of the molecule is CCC(C)Oc1cc(CO)c2ccccc2n1. The Morgan fingerprint density at radius 1 is 1.35 bits per heavy atom. The number of hydrogen-bond acceptors (Lipinski definition) is 3. The lowest BCUT2D eigenvalue weighted by atomic mass is 10.1. The zero-order chi connectivity index (χ0) is 12.3. The van der Waals surface area contributed by atoms with Gasteiger partial charge in [-0.15, -0.1) is 0 Å². The summed E-state index contributed by atoms with van der Waals surface area (Å²) in [4.78, 5) is 4.44. The first-order chi connectivity index (χ1) is 8.24. The Kier molecular flexibility index (Phi) is 3.59. The number of ether oxygens (including phenoxy) is 1. The Balaban J connectivity index is 2.45. The van der Waals surface area contributed by atoms with Crippen LogP contribution in [-0.2, 0) is 6.61 Å². The summed E-state index contributed by atoms with van der Waals surface area (Å²) in [5.41, 5.74) is 1.71. The van der Waals surface area contributed by atoms with Gasteiger partial charge in [-0.3, -0.25) is 0 Å². The van der Waals surface area contributed by atoms with Crippen LogP contribution in [0.2, 0.25) is 0 Å². The summed E-state index contributed by atoms with van der Waals surface area (Å²) < 4.78 is 5.69. The number of aliphatic hydroxyl groups excluding tert-OH is 1. The molecule has 3 heteroatoms. The molecule has 1 aromatic carbocycles. The summed E-state index contributed by atoms with van der Waals surface area (Å²) in [5, 5.41) is 10.3. The zero-order valence-corrected chi connectivity index (χ0v) is 10.2. The van der Waals surface area contributed by atoms with E-state index < -0.39 is 0 Å². The number of benzene rings is 1. The molecule has 90 valence electrons. The molecule has 1 heterocycles. The molecule has 1 aromatic heterocycles. The van der Waals surface area contributed by atoms with Crippen LogP contribution >= 0.6 is 0 Å². The van der Waals surface area contributed by atoms with E-state index in [1.807, 2.05) is 37.3 Å². The van der Waals surface area contributed by atoms with Gasteiger partial charge in [0.25, 0.3) is 0 Å². The van der Waals surface area contributed by atoms with Crippen molar-refractivity contribution in [2.24, 2.45) is 0 Å². The maximum absolute atomic E-state index is 9.37. The molecule has 0 bridgehead atoms. The number of nitrogens with zero attached hydrogens (tertiary/aromatic N) is 1. The molecule has 0 amide bonds. The number of aliphatic hydroxyl groups is 1. The zero-order valence-electron chi connectivity index (χ0n) is 10.2. The van der Waals surface area contributed by atoms with Crippen LogP contribution in [0.3, 0.4) is 0 Å². The molecule has 0 aliphatic rings. The molecule has 0 saturated heterocycles. The molecule has 1 N–H and O–H groups in total. The molecule has 1 unspecified atom stereocenters. The van der Waals surface area contributed by atoms with Crippen molar-refractivity contribution in [3.05, 3.63) is 35.9 Å². The van der Waals surface area contributed by atoms with Gasteiger partial charge in [0.15, 0.2) is 0 Å². The minimum atomic E-state index is -0.0000999. The highest BCUT2D eigenvalue weighted by molar-refractivity contribution is 5.82. The van der Waals surface area contributed by atoms with Gasteiger partial charge in [-0.2, -0.15) is 0 Å². The van der Waals surface area contributed by atoms with Crippen LogP contribution in [0.5, 0.6) is 5.88 Å². The van der Waals surface area contributed by atoms with Crippen LogP contribution in [0.4, 0.5) is 0 Å². The number of para-hydroxylation sites is 1. The number of aromatic nitrogens is 1. The normalized spacial score (nSPS) is 12.6. The Labute approximate surface area is 101 Å². The van der Waals surface area contributed by atoms with Crippen molar-refractivity contribution in [1.82, 2.24) is 4.98 Å². The minimum Gasteiger partial charge on any atom is -0.475 e. The fourth-order valence-corrected chi connectivity index (χ4v) is 1.70. The maximum Gasteiger partial charge on any atom is 0.214 e. The Bertz CT molecular complexity index is 511. The van der Waals surface area contributed by atoms with Crippen molar-refractivity contribution >= 4 is 10.9 Å². The van der Waals surface area contributed by atoms with Crippen LogP contribution in [-0.4, -0.2) is 16.2 Å². The topological polar surface area (TPSA) is 42.4 Å². The largest absolute Gasteiger partial charge is 0.475 e. The predicted molar refractivity (Wildman–Crippen MR) is 68.0 cm³/mol. The molecular formula is C14H17NO2. The second-order valence-electron chi connectivity index (χ2n) is 4.13. The lowest BCUT2D eigenvalue weighted by Crippen LogP contribution is -2.11. The monoisotopic (exact) mass is 231 g/mol. The van der Waals surface area contributed by atoms with Gasteiger partial charge in [0, 0.05) is 11.5 Å². The van der Waals surface area contributed by atoms with Gasteiger partial charge in [-0.1, -0.05) is 25.1 Å². The van der Waals surface area contributed by atoms with Gasteiger partial charge in [0.05, 0.1) is 18.2 Å². The molecule has 17 heavy (non-hydrogen) atoms. The number of rotatable bonds is 4. The van der Waals surface area contributed by atoms with Gasteiger partial charge in [0.2, 0.25) is 5.88 Å². The van der Waals surface area contributed by atoms with Gasteiger partial charge >= 0.3 is 0 Å². The first kappa shape index (κ1) is 11.9. The smallest absolute Gasteiger partial charge is 0.214 e. The van der Waals surface area contributed by atoms with Crippen molar-refractivity contribution in [3.8, 4) is 5.88 Å². The molecule has 3 nitrogen and oxygen atoms in total. The molecule has 2 aromatic rings. The predicted octanol–water partition coefficient (Wildman–Crippen LogP) is 2.90. The number of hydrogen-bond donors (Lipinski definition) is 1. The average molecular weight is 231 g/mol. The number of fused-ring (bicyclic) bond motifs is 1. The standard InChI is InChI=1S/C14H17NO2/c1-3-10(2)17-14-8-11(9-16)12-6-4-5-7-13(12)15-14/h4-8,10,16H,3,9H2,1-2H3. The second-order valence-corrected chi connectivity index (χ2v) is 4.13. The van der Waals surface area contributed by atoms with Crippen molar-refractivity contribution in [1.29, 1.82) is 0 Å². The lowest BCUT2D eigenvalue weighted by molar-refractivity contribution is 0.208. The third kappa shape index (κ3) is 2.56. The molecule has 0 fully saturated rings. The molecular weight excluding hydrogens is 214 g/mol. The average Bonchev–Trinajstić information content (AvgIpc) is 2.37. The van der Waals surface area contributed by atoms with Crippen LogP contribution in [0.25, 0.3) is 10.9 Å². The molecule has 0 radical (unpaired) electrons. The molecule has 0 saturated carbocycles. The van der Waals surface area contributed by atoms with Crippen molar-refractivity contribution < 1.29 is 9.84 Å². The van der Waals surface area contributed by atoms with Gasteiger partial charge in [0.1, 0.15) is 0 Å². The number of pyridine rings is 1. The molecule has 0 aliphatic heterocycles. The quantitative estimate of drug-likeness (QED) is 0.879. The van der Waals surface area contributed by atoms with E-state index in [-0.39, 0.29) is 12.7 Å². The van der Waals surface area contributed by atoms with Crippen LogP contribution < -0.4 is 4.74 Å². The first-order valence-electron chi connectivity index (χ1n) is 5.90. The van der Waals surface area contributed by atoms with E-state index in [4.69, 9.17) is 4.74 Å². The van der Waals surface area contributed by atoms with E-state index in [0.29, 0.717) is 5.88 Å². The van der Waals surface area contributed by atoms with Crippen molar-refractivity contribution in [2.75, 3.05) is 0 Å². The second kappa shape index (κ2) is 5.15. The molecule has 1 atom stereocenters. The Morgan fingerprint density at radius 2 is 2.12 bits per heavy atom. The fourth-order valence-electron chi connectivity index (χ4n) is 1.70. The summed E-state index contributed by atoms with van der Waals surface area (Å²) in [5.74, 6) is 0.585. The molecule has 0 spiro atoms. The lowest BCUT2D eigenvalue weighted by Gasteiger charge is -2.13. The van der Waals surface area contributed by atoms with E-state index >= 15 is 0 Å². The van der Waals surface area contributed by atoms with Crippen LogP contribution in [0.1, 0.15) is 25.8 Å². The van der Waals surface area contributed by atoms with E-state index in [0.717, 1.165) is 22.9 Å². The third-order valence-corrected chi connectivity index (χ3v) is 2.85. The van der Waals surface area contributed by atoms with Gasteiger partial charge in [-0.25, -0.2) is 4.98 Å². The highest BCUT2D eigenvalue weighted by atomic mass is 16.5. The first-order valence-corrected chi connectivity index (χ1v) is 5.90. The molecule has 0 aliphatic carbocycles. The third-order valence-electron chi connectivity index (χ3n) is 2.85. The van der Waals surface area contributed by atoms with Crippen LogP contribution in [0.15, 0.2) is 30.3 Å². The summed E-state index contributed by atoms with van der Waals surface area (Å²) in [6, 6.07) is 9.58. The van der Waals surface area contributed by atoms with Gasteiger partial charge in [-0.05, 0) is 25.0 Å². The van der Waals surface area contributed by atoms with E-state index in [2.05, 4.69) is 11.9 Å². The minimum absolute atomic E-state index is 0.0000999. The maximum atomic E-state index is 9.37. The highest BCUT2D eigenvalue weighted by Gasteiger charge is 2.07. The van der Waals surface area contributed by atoms with Gasteiger partial charge < -0.3 is 9.84 Å². The van der Waals surface area contributed by atoms with E-state index in [1.165, 1.54) is 0 Å². The summed E-state index contributed by atoms with van der Waals surface area (Å²) in [6.07, 6.45) is 1.07. The van der Waals surface area contributed by atoms with E-state index in [1.54, 1.807) is 0 Å². The van der Waals surface area contributed by atoms with E-state index in [9.17, 15) is 5.11 Å². The summed E-state index contributed by atoms with van der Waals surface area (Å²) >= 11 is 0. The fraction of sp³-hybridized carbons (Fsp3) is 0.357. The summed E-state index contributed by atoms with van der Waals surface area (Å²) in [6.45, 7) is 4.08. The summed E-state index contributed by atoms with van der Waals surface area (Å²) in [7, 11) is 0.